The second-order valence-electron chi connectivity index (χ2n) is 6.04. The zero-order valence-electron chi connectivity index (χ0n) is 13.5. The summed E-state index contributed by atoms with van der Waals surface area (Å²) in [6.07, 6.45) is 2.70. The Morgan fingerprint density at radius 2 is 1.96 bits per heavy atom. The van der Waals surface area contributed by atoms with Crippen LogP contribution in [0.25, 0.3) is 0 Å². The topological polar surface area (TPSA) is 41.5 Å². The van der Waals surface area contributed by atoms with Crippen molar-refractivity contribution < 1.29 is 9.84 Å². The summed E-state index contributed by atoms with van der Waals surface area (Å²) in [6.45, 7) is 0.796. The monoisotopic (exact) mass is 367 g/mol. The van der Waals surface area contributed by atoms with Crippen LogP contribution in [-0.4, -0.2) is 30.4 Å². The van der Waals surface area contributed by atoms with Crippen LogP contribution >= 0.6 is 24.0 Å². The highest BCUT2D eigenvalue weighted by atomic mass is 35.5. The molecular formula is C19H23Cl2NO2. The third-order valence-corrected chi connectivity index (χ3v) is 4.46. The third-order valence-electron chi connectivity index (χ3n) is 4.23. The van der Waals surface area contributed by atoms with Crippen LogP contribution in [0, 0.1) is 0 Å². The predicted octanol–water partition coefficient (Wildman–Crippen LogP) is 3.65. The number of fused-ring (bicyclic) bond motifs is 1. The Kier molecular flexibility index (Phi) is 7.38. The number of benzene rings is 2. The van der Waals surface area contributed by atoms with E-state index in [0.29, 0.717) is 23.4 Å². The van der Waals surface area contributed by atoms with E-state index in [0.717, 1.165) is 19.3 Å². The second-order valence-corrected chi connectivity index (χ2v) is 6.48. The van der Waals surface area contributed by atoms with Gasteiger partial charge in [0, 0.05) is 17.6 Å². The Balaban J connectivity index is 0.00000208. The summed E-state index contributed by atoms with van der Waals surface area (Å²) in [6, 6.07) is 16.2. The number of aliphatic hydroxyl groups is 1. The molecule has 0 heterocycles. The highest BCUT2D eigenvalue weighted by Gasteiger charge is 2.18. The first-order chi connectivity index (χ1) is 11.2. The molecule has 2 atom stereocenters. The van der Waals surface area contributed by atoms with Crippen LogP contribution in [0.3, 0.4) is 0 Å². The molecule has 1 aliphatic carbocycles. The minimum Gasteiger partial charge on any atom is -0.491 e. The highest BCUT2D eigenvalue weighted by Crippen LogP contribution is 2.21. The largest absolute Gasteiger partial charge is 0.491 e. The Bertz CT molecular complexity index is 651. The fourth-order valence-electron chi connectivity index (χ4n) is 2.98. The van der Waals surface area contributed by atoms with E-state index in [2.05, 4.69) is 29.6 Å². The van der Waals surface area contributed by atoms with Crippen molar-refractivity contribution in [1.82, 2.24) is 5.32 Å². The van der Waals surface area contributed by atoms with Crippen molar-refractivity contribution in [3.63, 3.8) is 0 Å². The summed E-state index contributed by atoms with van der Waals surface area (Å²) in [4.78, 5) is 0. The Morgan fingerprint density at radius 1 is 1.17 bits per heavy atom. The number of halogens is 2. The molecule has 3 rings (SSSR count). The Hall–Kier alpha value is -1.26. The van der Waals surface area contributed by atoms with E-state index in [-0.39, 0.29) is 19.0 Å². The van der Waals surface area contributed by atoms with E-state index < -0.39 is 6.10 Å². The molecule has 0 radical (unpaired) electrons. The van der Waals surface area contributed by atoms with Gasteiger partial charge in [-0.15, -0.1) is 12.4 Å². The van der Waals surface area contributed by atoms with Gasteiger partial charge in [-0.1, -0.05) is 41.9 Å². The number of ether oxygens (including phenoxy) is 1. The molecule has 0 saturated carbocycles. The SMILES string of the molecule is Cl.OC(CNC1CCc2ccccc2C1)COc1cccc(Cl)c1. The molecule has 2 aromatic carbocycles. The van der Waals surface area contributed by atoms with Crippen molar-refractivity contribution in [2.24, 2.45) is 0 Å². The molecule has 0 aliphatic heterocycles. The van der Waals surface area contributed by atoms with E-state index in [1.165, 1.54) is 11.1 Å². The van der Waals surface area contributed by atoms with E-state index >= 15 is 0 Å². The van der Waals surface area contributed by atoms with Gasteiger partial charge >= 0.3 is 0 Å². The quantitative estimate of drug-likeness (QED) is 0.818. The Morgan fingerprint density at radius 3 is 2.75 bits per heavy atom. The summed E-state index contributed by atoms with van der Waals surface area (Å²) in [7, 11) is 0. The van der Waals surface area contributed by atoms with Crippen LogP contribution in [0.5, 0.6) is 5.75 Å². The van der Waals surface area contributed by atoms with Gasteiger partial charge in [0.1, 0.15) is 18.5 Å². The molecule has 2 N–H and O–H groups in total. The van der Waals surface area contributed by atoms with Gasteiger partial charge in [0.15, 0.2) is 0 Å². The van der Waals surface area contributed by atoms with Crippen molar-refractivity contribution in [3.8, 4) is 5.75 Å². The average molecular weight is 368 g/mol. The van der Waals surface area contributed by atoms with Crippen LogP contribution in [0.4, 0.5) is 0 Å². The lowest BCUT2D eigenvalue weighted by atomic mass is 9.88. The second kappa shape index (κ2) is 9.28. The third kappa shape index (κ3) is 5.38. The molecular weight excluding hydrogens is 345 g/mol. The minimum atomic E-state index is -0.536. The zero-order valence-corrected chi connectivity index (χ0v) is 15.0. The first-order valence-corrected chi connectivity index (χ1v) is 8.45. The first kappa shape index (κ1) is 19.1. The maximum absolute atomic E-state index is 10.1. The summed E-state index contributed by atoms with van der Waals surface area (Å²) < 4.78 is 5.57. The average Bonchev–Trinajstić information content (AvgIpc) is 2.58. The number of hydrogen-bond donors (Lipinski definition) is 2. The van der Waals surface area contributed by atoms with E-state index in [9.17, 15) is 5.11 Å². The zero-order chi connectivity index (χ0) is 16.1. The van der Waals surface area contributed by atoms with Crippen LogP contribution in [0.1, 0.15) is 17.5 Å². The number of aryl methyl sites for hydroxylation is 1. The maximum atomic E-state index is 10.1. The lowest BCUT2D eigenvalue weighted by molar-refractivity contribution is 0.103. The fraction of sp³-hybridized carbons (Fsp3) is 0.368. The molecule has 3 nitrogen and oxygen atoms in total. The molecule has 0 aromatic heterocycles. The molecule has 130 valence electrons. The molecule has 24 heavy (non-hydrogen) atoms. The van der Waals surface area contributed by atoms with Crippen molar-refractivity contribution in [1.29, 1.82) is 0 Å². The molecule has 5 heteroatoms. The first-order valence-electron chi connectivity index (χ1n) is 8.07. The van der Waals surface area contributed by atoms with Crippen molar-refractivity contribution in [3.05, 3.63) is 64.7 Å². The molecule has 0 fully saturated rings. The van der Waals surface area contributed by atoms with Gasteiger partial charge in [-0.2, -0.15) is 0 Å². The van der Waals surface area contributed by atoms with Gasteiger partial charge in [-0.25, -0.2) is 0 Å². The lowest BCUT2D eigenvalue weighted by Crippen LogP contribution is -2.40. The van der Waals surface area contributed by atoms with Crippen molar-refractivity contribution in [2.75, 3.05) is 13.2 Å². The minimum absolute atomic E-state index is 0. The number of aliphatic hydroxyl groups excluding tert-OH is 1. The normalized spacial score (nSPS) is 17.5. The number of nitrogens with one attached hydrogen (secondary N) is 1. The molecule has 2 aromatic rings. The predicted molar refractivity (Wildman–Crippen MR) is 100 cm³/mol. The van der Waals surface area contributed by atoms with Gasteiger partial charge in [-0.3, -0.25) is 0 Å². The van der Waals surface area contributed by atoms with Crippen LogP contribution in [0.2, 0.25) is 5.02 Å². The smallest absolute Gasteiger partial charge is 0.120 e. The molecule has 0 saturated heterocycles. The van der Waals surface area contributed by atoms with E-state index in [4.69, 9.17) is 16.3 Å². The highest BCUT2D eigenvalue weighted by molar-refractivity contribution is 6.30. The molecule has 0 bridgehead atoms. The van der Waals surface area contributed by atoms with Gasteiger partial charge in [-0.05, 0) is 48.6 Å². The van der Waals surface area contributed by atoms with Crippen molar-refractivity contribution in [2.45, 2.75) is 31.4 Å². The fourth-order valence-corrected chi connectivity index (χ4v) is 3.16. The molecule has 0 amide bonds. The van der Waals surface area contributed by atoms with E-state index in [1.807, 2.05) is 12.1 Å². The summed E-state index contributed by atoms with van der Waals surface area (Å²) in [5.74, 6) is 0.683. The molecule has 1 aliphatic rings. The van der Waals surface area contributed by atoms with Crippen LogP contribution < -0.4 is 10.1 Å². The summed E-state index contributed by atoms with van der Waals surface area (Å²) in [5.41, 5.74) is 2.87. The van der Waals surface area contributed by atoms with Crippen molar-refractivity contribution >= 4 is 24.0 Å². The van der Waals surface area contributed by atoms with Gasteiger partial charge in [0.25, 0.3) is 0 Å². The van der Waals surface area contributed by atoms with E-state index in [1.54, 1.807) is 12.1 Å². The molecule has 0 spiro atoms. The van der Waals surface area contributed by atoms with Gasteiger partial charge in [0.05, 0.1) is 0 Å². The molecule has 2 unspecified atom stereocenters. The van der Waals surface area contributed by atoms with Gasteiger partial charge in [0.2, 0.25) is 0 Å². The maximum Gasteiger partial charge on any atom is 0.120 e. The standard InChI is InChI=1S/C19H22ClNO2.ClH/c20-16-6-3-7-19(11-16)23-13-18(22)12-21-17-9-8-14-4-1-2-5-15(14)10-17;/h1-7,11,17-18,21-22H,8-10,12-13H2;1H. The van der Waals surface area contributed by atoms with Crippen LogP contribution in [-0.2, 0) is 12.8 Å². The lowest BCUT2D eigenvalue weighted by Gasteiger charge is -2.26. The number of hydrogen-bond acceptors (Lipinski definition) is 3. The summed E-state index contributed by atoms with van der Waals surface area (Å²) >= 11 is 5.91. The Labute approximate surface area is 154 Å². The number of rotatable bonds is 6. The summed E-state index contributed by atoms with van der Waals surface area (Å²) in [5, 5.41) is 14.2. The van der Waals surface area contributed by atoms with Crippen LogP contribution in [0.15, 0.2) is 48.5 Å². The van der Waals surface area contributed by atoms with Gasteiger partial charge < -0.3 is 15.2 Å².